The van der Waals surface area contributed by atoms with Gasteiger partial charge in [0.05, 0.1) is 16.1 Å². The molecule has 0 aliphatic rings. The minimum Gasteiger partial charge on any atom is -0.378 e. The summed E-state index contributed by atoms with van der Waals surface area (Å²) in [4.78, 5) is 0. The van der Waals surface area contributed by atoms with Crippen molar-refractivity contribution in [3.05, 3.63) is 62.1 Å². The largest absolute Gasteiger partial charge is 0.378 e. The first-order valence-electron chi connectivity index (χ1n) is 6.17. The first kappa shape index (κ1) is 15.8. The zero-order chi connectivity index (χ0) is 14.7. The van der Waals surface area contributed by atoms with Gasteiger partial charge in [0.1, 0.15) is 0 Å². The lowest BCUT2D eigenvalue weighted by Gasteiger charge is -2.19. The third-order valence-electron chi connectivity index (χ3n) is 2.96. The van der Waals surface area contributed by atoms with Crippen LogP contribution in [-0.2, 0) is 0 Å². The second kappa shape index (κ2) is 6.91. The Morgan fingerprint density at radius 2 is 1.55 bits per heavy atom. The molecular formula is C15H13Cl4N. The van der Waals surface area contributed by atoms with Crippen LogP contribution >= 0.6 is 46.4 Å². The number of rotatable bonds is 4. The molecule has 0 saturated carbocycles. The predicted octanol–water partition coefficient (Wildman–Crippen LogP) is 6.86. The molecule has 0 aliphatic heterocycles. The molecule has 2 aromatic rings. The molecule has 106 valence electrons. The fourth-order valence-electron chi connectivity index (χ4n) is 1.99. The van der Waals surface area contributed by atoms with E-state index in [9.17, 15) is 0 Å². The highest BCUT2D eigenvalue weighted by Gasteiger charge is 2.11. The molecule has 5 heteroatoms. The average molecular weight is 349 g/mol. The molecule has 20 heavy (non-hydrogen) atoms. The van der Waals surface area contributed by atoms with Gasteiger partial charge >= 0.3 is 0 Å². The Morgan fingerprint density at radius 3 is 2.10 bits per heavy atom. The molecule has 0 aliphatic carbocycles. The fraction of sp³-hybridized carbons (Fsp3) is 0.200. The SMILES string of the molecule is CCC(Nc1cc(Cl)cc(Cl)c1)c1ccc(Cl)c(Cl)c1. The lowest BCUT2D eigenvalue weighted by Crippen LogP contribution is -2.09. The van der Waals surface area contributed by atoms with E-state index in [4.69, 9.17) is 46.4 Å². The number of hydrogen-bond donors (Lipinski definition) is 1. The Balaban J connectivity index is 2.26. The first-order valence-corrected chi connectivity index (χ1v) is 7.68. The Morgan fingerprint density at radius 1 is 0.900 bits per heavy atom. The van der Waals surface area contributed by atoms with Crippen LogP contribution in [0.5, 0.6) is 0 Å². The van der Waals surface area contributed by atoms with Gasteiger partial charge in [0.15, 0.2) is 0 Å². The van der Waals surface area contributed by atoms with Crippen LogP contribution in [0.4, 0.5) is 5.69 Å². The van der Waals surface area contributed by atoms with Crippen molar-refractivity contribution in [3.8, 4) is 0 Å². The Hall–Kier alpha value is -0.600. The summed E-state index contributed by atoms with van der Waals surface area (Å²) < 4.78 is 0. The van der Waals surface area contributed by atoms with Crippen LogP contribution < -0.4 is 5.32 Å². The maximum absolute atomic E-state index is 6.07. The summed E-state index contributed by atoms with van der Waals surface area (Å²) in [5.41, 5.74) is 1.94. The standard InChI is InChI=1S/C15H13Cl4N/c1-2-15(9-3-4-13(18)14(19)5-9)20-12-7-10(16)6-11(17)8-12/h3-8,15,20H,2H2,1H3. The third kappa shape index (κ3) is 3.95. The highest BCUT2D eigenvalue weighted by molar-refractivity contribution is 6.42. The van der Waals surface area contributed by atoms with Crippen LogP contribution in [0.1, 0.15) is 24.9 Å². The van der Waals surface area contributed by atoms with Gasteiger partial charge in [-0.15, -0.1) is 0 Å². The number of benzene rings is 2. The highest BCUT2D eigenvalue weighted by atomic mass is 35.5. The predicted molar refractivity (Wildman–Crippen MR) is 89.6 cm³/mol. The molecule has 2 rings (SSSR count). The summed E-state index contributed by atoms with van der Waals surface area (Å²) in [6.45, 7) is 2.09. The van der Waals surface area contributed by atoms with E-state index in [1.807, 2.05) is 24.3 Å². The number of hydrogen-bond acceptors (Lipinski definition) is 1. The van der Waals surface area contributed by atoms with E-state index in [1.54, 1.807) is 12.1 Å². The molecule has 1 N–H and O–H groups in total. The van der Waals surface area contributed by atoms with Gasteiger partial charge in [0, 0.05) is 15.7 Å². The molecule has 2 aromatic carbocycles. The summed E-state index contributed by atoms with van der Waals surface area (Å²) in [6, 6.07) is 11.1. The van der Waals surface area contributed by atoms with E-state index in [2.05, 4.69) is 12.2 Å². The topological polar surface area (TPSA) is 12.0 Å². The maximum atomic E-state index is 6.07. The van der Waals surface area contributed by atoms with E-state index >= 15 is 0 Å². The molecule has 1 unspecified atom stereocenters. The van der Waals surface area contributed by atoms with Crippen molar-refractivity contribution in [2.24, 2.45) is 0 Å². The minimum atomic E-state index is 0.110. The fourth-order valence-corrected chi connectivity index (χ4v) is 2.82. The number of halogens is 4. The van der Waals surface area contributed by atoms with Crippen LogP contribution in [-0.4, -0.2) is 0 Å². The van der Waals surface area contributed by atoms with Crippen LogP contribution in [0.2, 0.25) is 20.1 Å². The first-order chi connectivity index (χ1) is 9.49. The average Bonchev–Trinajstić information content (AvgIpc) is 2.38. The molecule has 0 spiro atoms. The smallest absolute Gasteiger partial charge is 0.0595 e. The summed E-state index contributed by atoms with van der Waals surface area (Å²) in [7, 11) is 0. The molecule has 0 radical (unpaired) electrons. The minimum absolute atomic E-state index is 0.110. The van der Waals surface area contributed by atoms with Crippen molar-refractivity contribution in [1.29, 1.82) is 0 Å². The highest BCUT2D eigenvalue weighted by Crippen LogP contribution is 2.30. The monoisotopic (exact) mass is 347 g/mol. The second-order valence-corrected chi connectivity index (χ2v) is 6.12. The zero-order valence-electron chi connectivity index (χ0n) is 10.8. The summed E-state index contributed by atoms with van der Waals surface area (Å²) >= 11 is 24.0. The van der Waals surface area contributed by atoms with Gasteiger partial charge in [-0.1, -0.05) is 59.4 Å². The van der Waals surface area contributed by atoms with Crippen LogP contribution in [0.25, 0.3) is 0 Å². The van der Waals surface area contributed by atoms with Crippen LogP contribution in [0.15, 0.2) is 36.4 Å². The van der Waals surface area contributed by atoms with Crippen LogP contribution in [0.3, 0.4) is 0 Å². The second-order valence-electron chi connectivity index (χ2n) is 4.44. The van der Waals surface area contributed by atoms with Gasteiger partial charge in [-0.2, -0.15) is 0 Å². The summed E-state index contributed by atoms with van der Waals surface area (Å²) in [5, 5.41) is 5.71. The van der Waals surface area contributed by atoms with Gasteiger partial charge in [0.2, 0.25) is 0 Å². The summed E-state index contributed by atoms with van der Waals surface area (Å²) in [6.07, 6.45) is 0.891. The Bertz CT molecular complexity index is 593. The van der Waals surface area contributed by atoms with Crippen molar-refractivity contribution in [2.45, 2.75) is 19.4 Å². The maximum Gasteiger partial charge on any atom is 0.0595 e. The van der Waals surface area contributed by atoms with Gasteiger partial charge in [-0.25, -0.2) is 0 Å². The van der Waals surface area contributed by atoms with E-state index in [0.29, 0.717) is 20.1 Å². The van der Waals surface area contributed by atoms with E-state index in [0.717, 1.165) is 17.7 Å². The number of nitrogens with one attached hydrogen (secondary N) is 1. The Labute approximate surface area is 138 Å². The molecule has 0 aromatic heterocycles. The van der Waals surface area contributed by atoms with E-state index in [1.165, 1.54) is 0 Å². The molecule has 0 bridgehead atoms. The zero-order valence-corrected chi connectivity index (χ0v) is 13.8. The van der Waals surface area contributed by atoms with Gasteiger partial charge in [0.25, 0.3) is 0 Å². The Kier molecular flexibility index (Phi) is 5.45. The van der Waals surface area contributed by atoms with Crippen molar-refractivity contribution < 1.29 is 0 Å². The molecular weight excluding hydrogens is 336 g/mol. The molecule has 1 nitrogen and oxygen atoms in total. The van der Waals surface area contributed by atoms with Crippen molar-refractivity contribution in [1.82, 2.24) is 0 Å². The molecule has 1 atom stereocenters. The molecule has 0 amide bonds. The van der Waals surface area contributed by atoms with E-state index in [-0.39, 0.29) is 6.04 Å². The normalized spacial score (nSPS) is 12.2. The van der Waals surface area contributed by atoms with Crippen LogP contribution in [0, 0.1) is 0 Å². The molecule has 0 saturated heterocycles. The van der Waals surface area contributed by atoms with Gasteiger partial charge in [-0.3, -0.25) is 0 Å². The van der Waals surface area contributed by atoms with Gasteiger partial charge in [-0.05, 0) is 42.3 Å². The lowest BCUT2D eigenvalue weighted by molar-refractivity contribution is 0.749. The van der Waals surface area contributed by atoms with E-state index < -0.39 is 0 Å². The third-order valence-corrected chi connectivity index (χ3v) is 4.13. The summed E-state index contributed by atoms with van der Waals surface area (Å²) in [5.74, 6) is 0. The van der Waals surface area contributed by atoms with Gasteiger partial charge < -0.3 is 5.32 Å². The lowest BCUT2D eigenvalue weighted by atomic mass is 10.0. The van der Waals surface area contributed by atoms with Crippen molar-refractivity contribution in [2.75, 3.05) is 5.32 Å². The van der Waals surface area contributed by atoms with Crippen molar-refractivity contribution in [3.63, 3.8) is 0 Å². The quantitative estimate of drug-likeness (QED) is 0.636. The number of anilines is 1. The molecule has 0 fully saturated rings. The van der Waals surface area contributed by atoms with Crippen molar-refractivity contribution >= 4 is 52.1 Å². The molecule has 0 heterocycles.